The minimum absolute atomic E-state index is 0.293. The second-order valence-electron chi connectivity index (χ2n) is 10.8. The van der Waals surface area contributed by atoms with Crippen LogP contribution in [0.25, 0.3) is 0 Å². The first-order chi connectivity index (χ1) is 17.9. The number of carbonyl (C=O) groups excluding carboxylic acids is 1. The number of hydrogen-bond acceptors (Lipinski definition) is 4. The van der Waals surface area contributed by atoms with E-state index in [1.807, 2.05) is 37.3 Å². The van der Waals surface area contributed by atoms with Crippen LogP contribution in [-0.2, 0) is 19.6 Å². The minimum Gasteiger partial charge on any atom is -0.481 e. The smallest absolute Gasteiger partial charge is 0.304 e. The van der Waals surface area contributed by atoms with Crippen molar-refractivity contribution in [3.05, 3.63) is 69.7 Å². The highest BCUT2D eigenvalue weighted by Crippen LogP contribution is 2.52. The lowest BCUT2D eigenvalue weighted by Crippen LogP contribution is -2.60. The average molecular weight is 582 g/mol. The van der Waals surface area contributed by atoms with Crippen molar-refractivity contribution in [1.29, 1.82) is 0 Å². The number of carbonyl (C=O) groups is 2. The molecular formula is C28H34Cl2N2O5S. The lowest BCUT2D eigenvalue weighted by atomic mass is 9.66. The van der Waals surface area contributed by atoms with Crippen LogP contribution in [0.5, 0.6) is 0 Å². The van der Waals surface area contributed by atoms with E-state index in [0.29, 0.717) is 35.7 Å². The topological polar surface area (TPSA) is 104 Å². The predicted molar refractivity (Wildman–Crippen MR) is 149 cm³/mol. The maximum atomic E-state index is 14.3. The van der Waals surface area contributed by atoms with Crippen LogP contribution in [0.2, 0.25) is 10.0 Å². The Morgan fingerprint density at radius 1 is 1.13 bits per heavy atom. The van der Waals surface area contributed by atoms with Crippen LogP contribution >= 0.6 is 23.2 Å². The standard InChI is InChI=1S/C28H34Cl2N2O5S/c1-4-24(17(2)31-38(36,37)22-12-13-22)32-26(18-8-10-20(29)11-9-18)23(19-6-5-7-21(30)14-19)15-28(3,27(32)35)16-25(33)34/h5-11,14,17,22-24,26,31H,4,12-13,15-16H2,1-3H3,(H,33,34)/t17?,23-,24+,26-,28+/m1/s1. The summed E-state index contributed by atoms with van der Waals surface area (Å²) in [7, 11) is -3.52. The number of carboxylic acid groups (broad SMARTS) is 1. The molecule has 1 saturated heterocycles. The molecule has 1 aliphatic carbocycles. The summed E-state index contributed by atoms with van der Waals surface area (Å²) in [5.74, 6) is -1.66. The molecule has 206 valence electrons. The Hall–Kier alpha value is -2.13. The fourth-order valence-electron chi connectivity index (χ4n) is 5.85. The molecule has 0 radical (unpaired) electrons. The molecule has 5 atom stereocenters. The molecule has 1 unspecified atom stereocenters. The van der Waals surface area contributed by atoms with Crippen molar-refractivity contribution in [2.24, 2.45) is 5.41 Å². The predicted octanol–water partition coefficient (Wildman–Crippen LogP) is 5.78. The molecule has 0 spiro atoms. The molecular weight excluding hydrogens is 547 g/mol. The maximum Gasteiger partial charge on any atom is 0.304 e. The Bertz CT molecular complexity index is 1300. The van der Waals surface area contributed by atoms with Crippen LogP contribution in [-0.4, -0.2) is 47.6 Å². The highest BCUT2D eigenvalue weighted by molar-refractivity contribution is 7.90. The van der Waals surface area contributed by atoms with Gasteiger partial charge in [0, 0.05) is 28.0 Å². The highest BCUT2D eigenvalue weighted by atomic mass is 35.5. The Morgan fingerprint density at radius 2 is 1.79 bits per heavy atom. The van der Waals surface area contributed by atoms with Gasteiger partial charge in [-0.3, -0.25) is 9.59 Å². The zero-order chi connectivity index (χ0) is 27.8. The van der Waals surface area contributed by atoms with Crippen LogP contribution in [0, 0.1) is 5.41 Å². The molecule has 0 aromatic heterocycles. The fourth-order valence-corrected chi connectivity index (χ4v) is 7.80. The maximum absolute atomic E-state index is 14.3. The first kappa shape index (κ1) is 28.9. The second-order valence-corrected chi connectivity index (χ2v) is 13.7. The summed E-state index contributed by atoms with van der Waals surface area (Å²) < 4.78 is 28.5. The first-order valence-corrected chi connectivity index (χ1v) is 15.2. The third-order valence-corrected chi connectivity index (χ3v) is 10.3. The lowest BCUT2D eigenvalue weighted by molar-refractivity contribution is -0.161. The van der Waals surface area contributed by atoms with Crippen LogP contribution in [0.3, 0.4) is 0 Å². The van der Waals surface area contributed by atoms with Crippen molar-refractivity contribution >= 4 is 45.1 Å². The number of hydrogen-bond donors (Lipinski definition) is 2. The molecule has 1 heterocycles. The number of nitrogens with one attached hydrogen (secondary N) is 1. The van der Waals surface area contributed by atoms with Crippen LogP contribution < -0.4 is 4.72 Å². The van der Waals surface area contributed by atoms with E-state index in [2.05, 4.69) is 4.72 Å². The van der Waals surface area contributed by atoms with Gasteiger partial charge < -0.3 is 10.0 Å². The van der Waals surface area contributed by atoms with Gasteiger partial charge in [0.05, 0.1) is 23.1 Å². The Kier molecular flexibility index (Phi) is 8.48. The fraction of sp³-hybridized carbons (Fsp3) is 0.500. The van der Waals surface area contributed by atoms with Gasteiger partial charge in [0.1, 0.15) is 0 Å². The van der Waals surface area contributed by atoms with Crippen LogP contribution in [0.1, 0.15) is 76.0 Å². The molecule has 2 N–H and O–H groups in total. The van der Waals surface area contributed by atoms with E-state index in [4.69, 9.17) is 23.2 Å². The van der Waals surface area contributed by atoms with Crippen molar-refractivity contribution in [3.8, 4) is 0 Å². The molecule has 1 amide bonds. The van der Waals surface area contributed by atoms with Gasteiger partial charge >= 0.3 is 5.97 Å². The largest absolute Gasteiger partial charge is 0.481 e. The zero-order valence-electron chi connectivity index (χ0n) is 21.7. The molecule has 1 saturated carbocycles. The lowest BCUT2D eigenvalue weighted by Gasteiger charge is -2.53. The van der Waals surface area contributed by atoms with Gasteiger partial charge in [0.2, 0.25) is 15.9 Å². The van der Waals surface area contributed by atoms with Gasteiger partial charge in [-0.05, 0) is 68.0 Å². The number of benzene rings is 2. The molecule has 1 aliphatic heterocycles. The number of rotatable bonds is 10. The van der Waals surface area contributed by atoms with E-state index in [9.17, 15) is 23.1 Å². The molecule has 4 rings (SSSR count). The van der Waals surface area contributed by atoms with Crippen LogP contribution in [0.15, 0.2) is 48.5 Å². The van der Waals surface area contributed by atoms with E-state index in [1.54, 1.807) is 36.9 Å². The Balaban J connectivity index is 1.87. The number of sulfonamides is 1. The van der Waals surface area contributed by atoms with Crippen molar-refractivity contribution in [3.63, 3.8) is 0 Å². The quantitative estimate of drug-likeness (QED) is 0.370. The summed E-state index contributed by atoms with van der Waals surface area (Å²) in [5.41, 5.74) is 0.512. The monoisotopic (exact) mass is 580 g/mol. The van der Waals surface area contributed by atoms with Gasteiger partial charge in [-0.25, -0.2) is 13.1 Å². The number of nitrogens with zero attached hydrogens (tertiary/aromatic N) is 1. The van der Waals surface area contributed by atoms with Gasteiger partial charge in [-0.1, -0.05) is 61.3 Å². The van der Waals surface area contributed by atoms with Gasteiger partial charge in [-0.2, -0.15) is 0 Å². The van der Waals surface area contributed by atoms with Gasteiger partial charge in [0.25, 0.3) is 0 Å². The average Bonchev–Trinajstić information content (AvgIpc) is 3.68. The summed E-state index contributed by atoms with van der Waals surface area (Å²) in [6.45, 7) is 5.38. The summed E-state index contributed by atoms with van der Waals surface area (Å²) in [6.07, 6.45) is 1.67. The number of carboxylic acids is 1. The number of amides is 1. The summed E-state index contributed by atoms with van der Waals surface area (Å²) in [4.78, 5) is 28.0. The normalized spacial score (nSPS) is 25.7. The number of likely N-dealkylation sites (tertiary alicyclic amines) is 1. The summed E-state index contributed by atoms with van der Waals surface area (Å²) in [5, 5.41) is 10.5. The molecule has 2 aromatic rings. The van der Waals surface area contributed by atoms with Crippen molar-refractivity contribution in [1.82, 2.24) is 9.62 Å². The van der Waals surface area contributed by atoms with E-state index >= 15 is 0 Å². The SMILES string of the molecule is CC[C@@H](C(C)NS(=O)(=O)C1CC1)N1C(=O)[C@](C)(CC(=O)O)C[C@H](c2cccc(Cl)c2)[C@H]1c1ccc(Cl)cc1. The molecule has 2 aromatic carbocycles. The minimum atomic E-state index is -3.52. The second kappa shape index (κ2) is 11.2. The van der Waals surface area contributed by atoms with E-state index in [0.717, 1.165) is 11.1 Å². The number of aliphatic carboxylic acids is 1. The van der Waals surface area contributed by atoms with Crippen molar-refractivity contribution in [2.45, 2.75) is 82.2 Å². The molecule has 0 bridgehead atoms. The molecule has 38 heavy (non-hydrogen) atoms. The highest BCUT2D eigenvalue weighted by Gasteiger charge is 2.53. The van der Waals surface area contributed by atoms with E-state index in [1.165, 1.54) is 0 Å². The number of halogens is 2. The number of piperidine rings is 1. The first-order valence-electron chi connectivity index (χ1n) is 12.9. The summed E-state index contributed by atoms with van der Waals surface area (Å²) >= 11 is 12.6. The third kappa shape index (κ3) is 6.03. The van der Waals surface area contributed by atoms with Gasteiger partial charge in [-0.15, -0.1) is 0 Å². The van der Waals surface area contributed by atoms with Gasteiger partial charge in [0.15, 0.2) is 0 Å². The van der Waals surface area contributed by atoms with Crippen molar-refractivity contribution in [2.75, 3.05) is 0 Å². The summed E-state index contributed by atoms with van der Waals surface area (Å²) in [6, 6.07) is 13.1. The van der Waals surface area contributed by atoms with E-state index in [-0.39, 0.29) is 18.2 Å². The van der Waals surface area contributed by atoms with E-state index < -0.39 is 44.8 Å². The van der Waals surface area contributed by atoms with Crippen LogP contribution in [0.4, 0.5) is 0 Å². The molecule has 2 fully saturated rings. The van der Waals surface area contributed by atoms with Crippen molar-refractivity contribution < 1.29 is 23.1 Å². The molecule has 10 heteroatoms. The molecule has 2 aliphatic rings. The Labute approximate surface area is 234 Å². The third-order valence-electron chi connectivity index (χ3n) is 7.80. The molecule has 7 nitrogen and oxygen atoms in total. The Morgan fingerprint density at radius 3 is 2.34 bits per heavy atom. The zero-order valence-corrected chi connectivity index (χ0v) is 24.1.